The summed E-state index contributed by atoms with van der Waals surface area (Å²) in [5, 5.41) is 3.21. The zero-order valence-electron chi connectivity index (χ0n) is 6.94. The fourth-order valence-electron chi connectivity index (χ4n) is 1.33. The molecule has 1 aliphatic heterocycles. The highest BCUT2D eigenvalue weighted by atomic mass is 32.2. The van der Waals surface area contributed by atoms with E-state index in [4.69, 9.17) is 0 Å². The van der Waals surface area contributed by atoms with E-state index in [1.165, 1.54) is 30.9 Å². The Morgan fingerprint density at radius 2 is 2.40 bits per heavy atom. The number of hydrogen-bond acceptors (Lipinski definition) is 2. The van der Waals surface area contributed by atoms with Crippen LogP contribution in [0.4, 0.5) is 0 Å². The lowest BCUT2D eigenvalue weighted by Gasteiger charge is -2.21. The Kier molecular flexibility index (Phi) is 3.05. The van der Waals surface area contributed by atoms with Crippen LogP contribution in [-0.2, 0) is 0 Å². The van der Waals surface area contributed by atoms with Gasteiger partial charge in [0.25, 0.3) is 0 Å². The molecule has 1 nitrogen and oxygen atoms in total. The molecular formula is C8H17NS. The van der Waals surface area contributed by atoms with Gasteiger partial charge < -0.3 is 5.32 Å². The predicted molar refractivity (Wildman–Crippen MR) is 48.6 cm³/mol. The third-order valence-corrected chi connectivity index (χ3v) is 3.67. The van der Waals surface area contributed by atoms with Crippen molar-refractivity contribution in [1.29, 1.82) is 0 Å². The van der Waals surface area contributed by atoms with Crippen LogP contribution in [0, 0.1) is 5.41 Å². The second kappa shape index (κ2) is 3.63. The van der Waals surface area contributed by atoms with Gasteiger partial charge in [-0.1, -0.05) is 6.92 Å². The van der Waals surface area contributed by atoms with Gasteiger partial charge in [0.2, 0.25) is 0 Å². The zero-order chi connectivity index (χ0) is 7.45. The molecule has 1 fully saturated rings. The molecule has 1 aliphatic rings. The van der Waals surface area contributed by atoms with Gasteiger partial charge >= 0.3 is 0 Å². The first-order valence-corrected chi connectivity index (χ1v) is 5.15. The fourth-order valence-corrected chi connectivity index (χ4v) is 2.90. The minimum Gasteiger partial charge on any atom is -0.320 e. The monoisotopic (exact) mass is 159 g/mol. The van der Waals surface area contributed by atoms with Gasteiger partial charge in [-0.05, 0) is 43.4 Å². The van der Waals surface area contributed by atoms with E-state index in [2.05, 4.69) is 24.0 Å². The van der Waals surface area contributed by atoms with Gasteiger partial charge in [0.15, 0.2) is 0 Å². The van der Waals surface area contributed by atoms with Crippen molar-refractivity contribution >= 4 is 11.8 Å². The first-order chi connectivity index (χ1) is 4.77. The largest absolute Gasteiger partial charge is 0.320 e. The van der Waals surface area contributed by atoms with Crippen molar-refractivity contribution in [2.24, 2.45) is 5.41 Å². The molecule has 1 unspecified atom stereocenters. The minimum absolute atomic E-state index is 0.647. The van der Waals surface area contributed by atoms with Crippen molar-refractivity contribution in [3.8, 4) is 0 Å². The van der Waals surface area contributed by atoms with Crippen LogP contribution < -0.4 is 5.32 Å². The minimum atomic E-state index is 0.647. The lowest BCUT2D eigenvalue weighted by Crippen LogP contribution is -2.21. The SMILES string of the molecule is CNCCC1(C)CCSC1. The summed E-state index contributed by atoms with van der Waals surface area (Å²) in [5.74, 6) is 2.74. The second-order valence-electron chi connectivity index (χ2n) is 3.47. The smallest absolute Gasteiger partial charge is 0.00127 e. The van der Waals surface area contributed by atoms with Gasteiger partial charge in [0.1, 0.15) is 0 Å². The van der Waals surface area contributed by atoms with E-state index < -0.39 is 0 Å². The van der Waals surface area contributed by atoms with Crippen LogP contribution >= 0.6 is 11.8 Å². The van der Waals surface area contributed by atoms with E-state index in [1.807, 2.05) is 7.05 Å². The normalized spacial score (nSPS) is 33.0. The molecule has 1 atom stereocenters. The Bertz CT molecular complexity index is 97.4. The van der Waals surface area contributed by atoms with E-state index in [1.54, 1.807) is 0 Å². The summed E-state index contributed by atoms with van der Waals surface area (Å²) in [6, 6.07) is 0. The van der Waals surface area contributed by atoms with Gasteiger partial charge in [0.05, 0.1) is 0 Å². The number of hydrogen-bond donors (Lipinski definition) is 1. The molecule has 0 aliphatic carbocycles. The van der Waals surface area contributed by atoms with Gasteiger partial charge in [-0.3, -0.25) is 0 Å². The molecule has 0 aromatic heterocycles. The zero-order valence-corrected chi connectivity index (χ0v) is 7.76. The Hall–Kier alpha value is 0.310. The summed E-state index contributed by atoms with van der Waals surface area (Å²) in [7, 11) is 2.03. The fraction of sp³-hybridized carbons (Fsp3) is 1.00. The van der Waals surface area contributed by atoms with Gasteiger partial charge in [-0.2, -0.15) is 11.8 Å². The van der Waals surface area contributed by atoms with Crippen molar-refractivity contribution in [1.82, 2.24) is 5.32 Å². The summed E-state index contributed by atoms with van der Waals surface area (Å²) < 4.78 is 0. The summed E-state index contributed by atoms with van der Waals surface area (Å²) in [5.41, 5.74) is 0.647. The molecule has 0 saturated carbocycles. The molecule has 1 heterocycles. The molecule has 0 bridgehead atoms. The summed E-state index contributed by atoms with van der Waals surface area (Å²) in [6.45, 7) is 3.58. The van der Waals surface area contributed by atoms with Crippen molar-refractivity contribution in [3.63, 3.8) is 0 Å². The highest BCUT2D eigenvalue weighted by molar-refractivity contribution is 7.99. The molecular weight excluding hydrogens is 142 g/mol. The average molecular weight is 159 g/mol. The van der Waals surface area contributed by atoms with Gasteiger partial charge in [-0.25, -0.2) is 0 Å². The van der Waals surface area contributed by atoms with Crippen molar-refractivity contribution in [2.75, 3.05) is 25.1 Å². The molecule has 1 saturated heterocycles. The maximum atomic E-state index is 3.21. The standard InChI is InChI=1S/C8H17NS/c1-8(3-5-9-2)4-6-10-7-8/h9H,3-7H2,1-2H3. The Labute approximate surface area is 68.0 Å². The number of thioether (sulfide) groups is 1. The number of nitrogens with one attached hydrogen (secondary N) is 1. The highest BCUT2D eigenvalue weighted by Crippen LogP contribution is 2.37. The summed E-state index contributed by atoms with van der Waals surface area (Å²) in [4.78, 5) is 0. The quantitative estimate of drug-likeness (QED) is 0.673. The number of rotatable bonds is 3. The highest BCUT2D eigenvalue weighted by Gasteiger charge is 2.27. The summed E-state index contributed by atoms with van der Waals surface area (Å²) >= 11 is 2.10. The molecule has 0 aromatic carbocycles. The van der Waals surface area contributed by atoms with E-state index in [0.717, 1.165) is 0 Å². The van der Waals surface area contributed by atoms with E-state index in [9.17, 15) is 0 Å². The van der Waals surface area contributed by atoms with Crippen LogP contribution in [0.5, 0.6) is 0 Å². The van der Waals surface area contributed by atoms with Gasteiger partial charge in [0, 0.05) is 0 Å². The van der Waals surface area contributed by atoms with Crippen LogP contribution in [0.2, 0.25) is 0 Å². The van der Waals surface area contributed by atoms with Crippen LogP contribution in [0.1, 0.15) is 19.8 Å². The van der Waals surface area contributed by atoms with Crippen molar-refractivity contribution in [2.45, 2.75) is 19.8 Å². The molecule has 1 N–H and O–H groups in total. The van der Waals surface area contributed by atoms with Crippen LogP contribution in [0.25, 0.3) is 0 Å². The third-order valence-electron chi connectivity index (χ3n) is 2.28. The molecule has 10 heavy (non-hydrogen) atoms. The molecule has 1 rings (SSSR count). The molecule has 0 aromatic rings. The topological polar surface area (TPSA) is 12.0 Å². The van der Waals surface area contributed by atoms with E-state index in [0.29, 0.717) is 5.41 Å². The predicted octanol–water partition coefficient (Wildman–Crippen LogP) is 1.74. The first kappa shape index (κ1) is 8.41. The van der Waals surface area contributed by atoms with E-state index >= 15 is 0 Å². The molecule has 0 radical (unpaired) electrons. The lowest BCUT2D eigenvalue weighted by atomic mass is 9.86. The molecule has 2 heteroatoms. The van der Waals surface area contributed by atoms with Gasteiger partial charge in [-0.15, -0.1) is 0 Å². The van der Waals surface area contributed by atoms with Crippen molar-refractivity contribution in [3.05, 3.63) is 0 Å². The summed E-state index contributed by atoms with van der Waals surface area (Å²) in [6.07, 6.45) is 2.76. The molecule has 60 valence electrons. The average Bonchev–Trinajstić information content (AvgIpc) is 2.33. The van der Waals surface area contributed by atoms with E-state index in [-0.39, 0.29) is 0 Å². The van der Waals surface area contributed by atoms with Crippen LogP contribution in [-0.4, -0.2) is 25.1 Å². The van der Waals surface area contributed by atoms with Crippen LogP contribution in [0.3, 0.4) is 0 Å². The molecule has 0 amide bonds. The maximum absolute atomic E-state index is 3.21. The Balaban J connectivity index is 2.22. The van der Waals surface area contributed by atoms with Crippen molar-refractivity contribution < 1.29 is 0 Å². The lowest BCUT2D eigenvalue weighted by molar-refractivity contribution is 0.344. The second-order valence-corrected chi connectivity index (χ2v) is 4.57. The Morgan fingerprint density at radius 1 is 1.60 bits per heavy atom. The third kappa shape index (κ3) is 2.17. The maximum Gasteiger partial charge on any atom is -0.00127 e. The first-order valence-electron chi connectivity index (χ1n) is 3.99. The molecule has 0 spiro atoms. The Morgan fingerprint density at radius 3 is 2.90 bits per heavy atom. The van der Waals surface area contributed by atoms with Crippen LogP contribution in [0.15, 0.2) is 0 Å².